The number of anilines is 12. The molecule has 0 atom stereocenters. The van der Waals surface area contributed by atoms with Crippen LogP contribution in [0.4, 0.5) is 106 Å². The summed E-state index contributed by atoms with van der Waals surface area (Å²) in [6.07, 6.45) is 26.3. The van der Waals surface area contributed by atoms with E-state index in [2.05, 4.69) is 128 Å². The number of benzene rings is 4. The fraction of sp³-hybridized carbons (Fsp3) is 0.247. The number of nitrogens with one attached hydrogen (secondary N) is 8. The van der Waals surface area contributed by atoms with Crippen LogP contribution in [0.25, 0.3) is 88.6 Å². The second-order valence-corrected chi connectivity index (χ2v) is 31.8. The lowest BCUT2D eigenvalue weighted by molar-refractivity contribution is 0.260. The molecule has 4 aromatic carbocycles. The smallest absolute Gasteiger partial charge is 0.326 e. The Morgan fingerprint density at radius 2 is 0.704 bits per heavy atom. The van der Waals surface area contributed by atoms with E-state index < -0.39 is 47.4 Å². The van der Waals surface area contributed by atoms with Crippen molar-refractivity contribution in [2.24, 2.45) is 0 Å². The second-order valence-electron chi connectivity index (χ2n) is 31.8. The van der Waals surface area contributed by atoms with Crippen molar-refractivity contribution in [1.82, 2.24) is 78.8 Å². The molecule has 0 radical (unpaired) electrons. The fourth-order valence-electron chi connectivity index (χ4n) is 14.9. The molecule has 12 aromatic heterocycles. The van der Waals surface area contributed by atoms with Gasteiger partial charge in [0.1, 0.15) is 106 Å². The summed E-state index contributed by atoms with van der Waals surface area (Å²) in [6.45, 7) is 5.52. The Labute approximate surface area is 704 Å². The molecule has 0 bridgehead atoms. The van der Waals surface area contributed by atoms with Crippen LogP contribution < -0.4 is 65.5 Å². The normalized spacial score (nSPS) is 14.9. The van der Waals surface area contributed by atoms with Crippen LogP contribution in [0.15, 0.2) is 165 Å². The Morgan fingerprint density at radius 3 is 1.01 bits per heavy atom. The van der Waals surface area contributed by atoms with Gasteiger partial charge in [-0.1, -0.05) is 51.8 Å². The van der Waals surface area contributed by atoms with Crippen LogP contribution in [0.2, 0.25) is 0 Å². The zero-order valence-electron chi connectivity index (χ0n) is 67.0. The van der Waals surface area contributed by atoms with Crippen molar-refractivity contribution < 1.29 is 54.8 Å². The first-order chi connectivity index (χ1) is 60.5. The van der Waals surface area contributed by atoms with Crippen molar-refractivity contribution in [2.75, 3.05) is 65.5 Å². The third kappa shape index (κ3) is 16.7. The molecule has 6 aliphatic carbocycles. The molecule has 0 unspecified atom stereocenters. The standard InChI is InChI=1S/C23H22FN7O2.C22H20FN7O2.2C20H18FN7O2/c1-23(6-7-23)17-9-18(33-30-17)29-22(32)28-16-5-2-12(8-15(16)24)14-10-31(13-3-4-13)21-19(14)20(25)26-11-27-21;23-15-7-12(14-9-30(13-4-5-13)21-19(14)20(24)25-10-26-21)3-6-16(15)27-22(31)28-18-8-17(32-29-18)11-1-2-11;1-10-6-16(27-30-10)26-20(29)25-15-5-2-11(7-14(15)21)13-8-28(12-3-4-12)19-17(13)18(22)23-9-24-19;1-10-6-16(30-27-10)26-20(29)25-15-5-2-11(7-14(15)21)13-8-28(12-3-4-12)19-17(13)18(22)23-9-24-19/h2,5,8-11,13H,3-4,6-7H2,1H3,(H2,25,26,27)(H2,28,29,32);3,6-11,13H,1-2,4-5H2,(H2,24,25,26)(H2,27,28,29,31);2,5-9,12H,3-4H2,1H3,(H2,22,23,24)(H2,25,26,27,29);2,5-9,12H,3-4H2,1H3,(H2,22,23,24)(H2,25,26,29). The van der Waals surface area contributed by atoms with Crippen LogP contribution in [0, 0.1) is 37.1 Å². The Bertz CT molecular complexity index is 6740. The first-order valence-electron chi connectivity index (χ1n) is 40.2. The first kappa shape index (κ1) is 79.0. The van der Waals surface area contributed by atoms with Gasteiger partial charge in [0.15, 0.2) is 11.6 Å². The number of urea groups is 4. The number of carbonyl (C=O) groups is 4. The molecule has 6 saturated carbocycles. The molecule has 16 aromatic rings. The molecule has 12 heterocycles. The predicted octanol–water partition coefficient (Wildman–Crippen LogP) is 17.7. The molecular formula is C85H78F4N28O8. The SMILES string of the molecule is CC1(c2cc(NC(=O)Nc3ccc(-c4cn(C5CC5)c5ncnc(N)c45)cc3F)on2)CC1.Cc1cc(NC(=O)Nc2ccc(-c3cn(C4CC4)c4ncnc(N)c34)cc2F)no1.Cc1cc(NC(=O)Nc2ccc(-c3cn(C4CC4)c4ncnc(N)c34)cc2F)on1.Nc1ncnc2c1c(-c1ccc(NC(=O)Nc3cc(C4CC4)on3)c(F)c1)cn2C1CC1. The molecule has 6 fully saturated rings. The quantitative estimate of drug-likeness (QED) is 0.0355. The Morgan fingerprint density at radius 1 is 0.376 bits per heavy atom. The van der Waals surface area contributed by atoms with Gasteiger partial charge in [-0.25, -0.2) is 76.6 Å². The van der Waals surface area contributed by atoms with E-state index in [0.717, 1.165) is 133 Å². The summed E-state index contributed by atoms with van der Waals surface area (Å²) in [5, 5.41) is 38.0. The molecule has 36 nitrogen and oxygen atoms in total. The van der Waals surface area contributed by atoms with Crippen LogP contribution in [0.3, 0.4) is 0 Å². The molecule has 22 rings (SSSR count). The molecule has 0 saturated heterocycles. The number of aryl methyl sites for hydroxylation is 2. The minimum absolute atomic E-state index is 0.0267. The van der Waals surface area contributed by atoms with E-state index in [1.54, 1.807) is 62.4 Å². The van der Waals surface area contributed by atoms with Gasteiger partial charge in [0.05, 0.1) is 55.7 Å². The van der Waals surface area contributed by atoms with Crippen molar-refractivity contribution in [1.29, 1.82) is 0 Å². The number of nitrogens with zero attached hydrogens (tertiary/aromatic N) is 16. The summed E-state index contributed by atoms with van der Waals surface area (Å²) in [5.74, 6) is 1.70. The number of carbonyl (C=O) groups excluding carboxylic acids is 4. The molecule has 634 valence electrons. The summed E-state index contributed by atoms with van der Waals surface area (Å²) >= 11 is 0. The van der Waals surface area contributed by atoms with Gasteiger partial charge in [0, 0.05) is 107 Å². The maximum atomic E-state index is 14.9. The zero-order chi connectivity index (χ0) is 86.2. The lowest BCUT2D eigenvalue weighted by Crippen LogP contribution is -2.20. The average molecular weight is 1700 g/mol. The van der Waals surface area contributed by atoms with E-state index in [9.17, 15) is 36.7 Å². The van der Waals surface area contributed by atoms with Crippen molar-refractivity contribution in [3.05, 3.63) is 193 Å². The number of hydrogen-bond acceptors (Lipinski definition) is 24. The predicted molar refractivity (Wildman–Crippen MR) is 457 cm³/mol. The summed E-state index contributed by atoms with van der Waals surface area (Å²) in [7, 11) is 0. The second kappa shape index (κ2) is 32.0. The largest absolute Gasteiger partial charge is 0.383 e. The number of rotatable bonds is 18. The Balaban J connectivity index is 0.000000109. The zero-order valence-corrected chi connectivity index (χ0v) is 67.0. The molecule has 0 aliphatic heterocycles. The molecular weight excluding hydrogens is 1620 g/mol. The number of nitrogens with two attached hydrogens (primary N) is 4. The van der Waals surface area contributed by atoms with Crippen LogP contribution in [-0.4, -0.2) is 103 Å². The highest BCUT2D eigenvalue weighted by Gasteiger charge is 2.42. The maximum Gasteiger partial charge on any atom is 0.326 e. The van der Waals surface area contributed by atoms with Gasteiger partial charge in [0.2, 0.25) is 11.8 Å². The van der Waals surface area contributed by atoms with Gasteiger partial charge in [0.25, 0.3) is 0 Å². The van der Waals surface area contributed by atoms with E-state index in [-0.39, 0.29) is 45.8 Å². The number of hydrogen-bond donors (Lipinski definition) is 12. The summed E-state index contributed by atoms with van der Waals surface area (Å²) in [6, 6.07) is 23.9. The maximum absolute atomic E-state index is 14.9. The van der Waals surface area contributed by atoms with Gasteiger partial charge in [-0.05, 0) is 162 Å². The van der Waals surface area contributed by atoms with Crippen molar-refractivity contribution in [3.63, 3.8) is 0 Å². The van der Waals surface area contributed by atoms with E-state index in [1.165, 1.54) is 73.8 Å². The Kier molecular flexibility index (Phi) is 20.2. The third-order valence-corrected chi connectivity index (χ3v) is 22.3. The summed E-state index contributed by atoms with van der Waals surface area (Å²) in [5.41, 5.74) is 34.6. The summed E-state index contributed by atoms with van der Waals surface area (Å²) in [4.78, 5) is 82.7. The molecule has 8 amide bonds. The number of aromatic nitrogens is 16. The number of nitrogen functional groups attached to an aromatic ring is 4. The minimum Gasteiger partial charge on any atom is -0.383 e. The molecule has 125 heavy (non-hydrogen) atoms. The van der Waals surface area contributed by atoms with Crippen LogP contribution in [0.1, 0.15) is 137 Å². The number of fused-ring (bicyclic) bond motifs is 4. The topological polar surface area (TPSA) is 496 Å². The van der Waals surface area contributed by atoms with Gasteiger partial charge in [-0.15, -0.1) is 0 Å². The number of halogens is 4. The summed E-state index contributed by atoms with van der Waals surface area (Å²) < 4.78 is 87.8. The Hall–Kier alpha value is -15.8. The van der Waals surface area contributed by atoms with E-state index in [0.29, 0.717) is 114 Å². The fourth-order valence-corrected chi connectivity index (χ4v) is 14.9. The van der Waals surface area contributed by atoms with Crippen molar-refractivity contribution in [2.45, 2.75) is 133 Å². The van der Waals surface area contributed by atoms with E-state index in [4.69, 9.17) is 41.0 Å². The molecule has 6 aliphatic rings. The third-order valence-electron chi connectivity index (χ3n) is 22.3. The molecule has 0 spiro atoms. The average Bonchev–Trinajstić information content (AvgIpc) is 1.58. The monoisotopic (exact) mass is 1690 g/mol. The highest BCUT2D eigenvalue weighted by Crippen LogP contribution is 2.50. The van der Waals surface area contributed by atoms with E-state index in [1.807, 2.05) is 24.8 Å². The van der Waals surface area contributed by atoms with Crippen molar-refractivity contribution >= 4 is 138 Å². The first-order valence-corrected chi connectivity index (χ1v) is 40.2. The van der Waals surface area contributed by atoms with Crippen molar-refractivity contribution in [3.8, 4) is 44.5 Å². The van der Waals surface area contributed by atoms with Crippen LogP contribution >= 0.6 is 0 Å². The van der Waals surface area contributed by atoms with Crippen LogP contribution in [-0.2, 0) is 5.41 Å². The van der Waals surface area contributed by atoms with Gasteiger partial charge in [-0.2, -0.15) is 0 Å². The lowest BCUT2D eigenvalue weighted by atomic mass is 10.1. The van der Waals surface area contributed by atoms with Gasteiger partial charge >= 0.3 is 24.1 Å². The molecule has 40 heteroatoms. The minimum atomic E-state index is -0.638. The highest BCUT2D eigenvalue weighted by molar-refractivity contribution is 6.07. The van der Waals surface area contributed by atoms with Gasteiger partial charge in [-0.3, -0.25) is 21.3 Å². The van der Waals surface area contributed by atoms with Gasteiger partial charge < -0.3 is 80.6 Å². The number of amides is 8. The molecule has 16 N–H and O–H groups in total. The highest BCUT2D eigenvalue weighted by atomic mass is 19.1. The van der Waals surface area contributed by atoms with Crippen LogP contribution in [0.5, 0.6) is 0 Å². The lowest BCUT2D eigenvalue weighted by Gasteiger charge is -2.08. The van der Waals surface area contributed by atoms with E-state index >= 15 is 0 Å².